The molecule has 1 aliphatic rings. The van der Waals surface area contributed by atoms with Gasteiger partial charge in [0, 0.05) is 16.5 Å². The number of carbonyl (C=O) groups is 2. The minimum absolute atomic E-state index is 0.0364. The van der Waals surface area contributed by atoms with Gasteiger partial charge in [-0.2, -0.15) is 5.10 Å². The third-order valence-corrected chi connectivity index (χ3v) is 5.70. The highest BCUT2D eigenvalue weighted by Crippen LogP contribution is 2.34. The van der Waals surface area contributed by atoms with Crippen LogP contribution in [0.3, 0.4) is 0 Å². The molecule has 2 heterocycles. The number of thiophene rings is 1. The second kappa shape index (κ2) is 6.41. The second-order valence-electron chi connectivity index (χ2n) is 6.36. The number of nitrogens with zero attached hydrogens (tertiary/aromatic N) is 3. The lowest BCUT2D eigenvalue weighted by atomic mass is 10.3. The topological polar surface area (TPSA) is 75.4 Å². The summed E-state index contributed by atoms with van der Waals surface area (Å²) in [6.45, 7) is 1.62. The van der Waals surface area contributed by atoms with E-state index in [0.29, 0.717) is 9.90 Å². The van der Waals surface area contributed by atoms with Crippen LogP contribution in [-0.4, -0.2) is 44.3 Å². The average molecular weight is 390 g/mol. The molecule has 1 N–H and O–H groups in total. The lowest BCUT2D eigenvalue weighted by molar-refractivity contribution is -0.137. The minimum Gasteiger partial charge on any atom is -0.480 e. The van der Waals surface area contributed by atoms with Crippen LogP contribution in [0.25, 0.3) is 15.9 Å². The van der Waals surface area contributed by atoms with Gasteiger partial charge < -0.3 is 10.0 Å². The van der Waals surface area contributed by atoms with Crippen LogP contribution in [0, 0.1) is 6.92 Å². The number of carbonyl (C=O) groups excluding carboxylic acids is 1. The van der Waals surface area contributed by atoms with Gasteiger partial charge in [0.2, 0.25) is 0 Å². The van der Waals surface area contributed by atoms with E-state index in [1.54, 1.807) is 10.7 Å². The molecule has 1 aromatic carbocycles. The Kier molecular flexibility index (Phi) is 4.20. The molecule has 0 spiro atoms. The van der Waals surface area contributed by atoms with Crippen LogP contribution >= 0.6 is 22.9 Å². The predicted octanol–water partition coefficient (Wildman–Crippen LogP) is 3.74. The average Bonchev–Trinajstić information content (AvgIpc) is 3.26. The number of aryl methyl sites for hydroxylation is 1. The van der Waals surface area contributed by atoms with Crippen LogP contribution in [0.1, 0.15) is 28.2 Å². The Morgan fingerprint density at radius 1 is 1.38 bits per heavy atom. The van der Waals surface area contributed by atoms with Crippen molar-refractivity contribution in [3.63, 3.8) is 0 Å². The normalized spacial score (nSPS) is 13.9. The van der Waals surface area contributed by atoms with Crippen LogP contribution in [0.5, 0.6) is 0 Å². The predicted molar refractivity (Wildman–Crippen MR) is 100 cm³/mol. The molecule has 1 aliphatic carbocycles. The Balaban J connectivity index is 1.75. The number of fused-ring (bicyclic) bond motifs is 1. The van der Waals surface area contributed by atoms with Gasteiger partial charge in [-0.1, -0.05) is 17.7 Å². The molecule has 0 radical (unpaired) electrons. The number of halogens is 1. The maximum atomic E-state index is 12.9. The van der Waals surface area contributed by atoms with Crippen molar-refractivity contribution in [1.82, 2.24) is 14.7 Å². The molecule has 2 aromatic heterocycles. The zero-order valence-corrected chi connectivity index (χ0v) is 15.5. The van der Waals surface area contributed by atoms with Gasteiger partial charge in [0.25, 0.3) is 5.91 Å². The van der Waals surface area contributed by atoms with Crippen LogP contribution in [0.4, 0.5) is 0 Å². The minimum atomic E-state index is -0.993. The van der Waals surface area contributed by atoms with Crippen LogP contribution < -0.4 is 0 Å². The fourth-order valence-corrected chi connectivity index (χ4v) is 4.30. The summed E-state index contributed by atoms with van der Waals surface area (Å²) in [5.74, 6) is -1.22. The molecule has 1 amide bonds. The number of amides is 1. The van der Waals surface area contributed by atoms with Gasteiger partial charge in [-0.15, -0.1) is 11.3 Å². The summed E-state index contributed by atoms with van der Waals surface area (Å²) in [5, 5.41) is 15.2. The number of carboxylic acids is 1. The molecule has 1 fully saturated rings. The summed E-state index contributed by atoms with van der Waals surface area (Å²) in [5.41, 5.74) is 1.63. The standard InChI is InChI=1S/C18H16ClN3O3S/c1-10-14-8-15(17(25)21(9-16(23)24)12-5-6-12)26-18(14)22(20-10)13-4-2-3-11(19)7-13/h2-4,7-8,12H,5-6,9H2,1H3,(H,23,24). The zero-order valence-electron chi connectivity index (χ0n) is 14.0. The summed E-state index contributed by atoms with van der Waals surface area (Å²) >= 11 is 7.41. The Bertz CT molecular complexity index is 1020. The van der Waals surface area contributed by atoms with Crippen molar-refractivity contribution >= 4 is 45.0 Å². The van der Waals surface area contributed by atoms with Gasteiger partial charge in [-0.25, -0.2) is 4.68 Å². The van der Waals surface area contributed by atoms with E-state index in [1.807, 2.05) is 31.2 Å². The molecule has 0 bridgehead atoms. The number of rotatable bonds is 5. The highest BCUT2D eigenvalue weighted by atomic mass is 35.5. The number of benzene rings is 1. The van der Waals surface area contributed by atoms with Gasteiger partial charge >= 0.3 is 5.97 Å². The first-order valence-corrected chi connectivity index (χ1v) is 9.41. The molecule has 0 aliphatic heterocycles. The van der Waals surface area contributed by atoms with Crippen molar-refractivity contribution in [2.45, 2.75) is 25.8 Å². The summed E-state index contributed by atoms with van der Waals surface area (Å²) in [6.07, 6.45) is 1.72. The zero-order chi connectivity index (χ0) is 18.4. The van der Waals surface area contributed by atoms with Crippen molar-refractivity contribution in [3.05, 3.63) is 45.9 Å². The first-order chi connectivity index (χ1) is 12.4. The smallest absolute Gasteiger partial charge is 0.323 e. The third kappa shape index (κ3) is 3.08. The summed E-state index contributed by atoms with van der Waals surface area (Å²) in [4.78, 5) is 26.8. The quantitative estimate of drug-likeness (QED) is 0.721. The largest absolute Gasteiger partial charge is 0.480 e. The summed E-state index contributed by atoms with van der Waals surface area (Å²) in [6, 6.07) is 9.20. The van der Waals surface area contributed by atoms with E-state index in [-0.39, 0.29) is 18.5 Å². The maximum absolute atomic E-state index is 12.9. The molecule has 8 heteroatoms. The molecule has 0 saturated heterocycles. The lowest BCUT2D eigenvalue weighted by Gasteiger charge is -2.19. The van der Waals surface area contributed by atoms with Gasteiger partial charge in [0.15, 0.2) is 0 Å². The number of hydrogen-bond donors (Lipinski definition) is 1. The van der Waals surface area contributed by atoms with Crippen molar-refractivity contribution in [2.75, 3.05) is 6.54 Å². The number of aliphatic carboxylic acids is 1. The van der Waals surface area contributed by atoms with Crippen molar-refractivity contribution < 1.29 is 14.7 Å². The summed E-state index contributed by atoms with van der Waals surface area (Å²) in [7, 11) is 0. The van der Waals surface area contributed by atoms with Gasteiger partial charge in [0.05, 0.1) is 16.3 Å². The molecular weight excluding hydrogens is 374 g/mol. The number of carboxylic acid groups (broad SMARTS) is 1. The van der Waals surface area contributed by atoms with E-state index in [2.05, 4.69) is 5.10 Å². The highest BCUT2D eigenvalue weighted by molar-refractivity contribution is 7.20. The van der Waals surface area contributed by atoms with Crippen LogP contribution in [0.2, 0.25) is 5.02 Å². The van der Waals surface area contributed by atoms with E-state index >= 15 is 0 Å². The van der Waals surface area contributed by atoms with E-state index in [4.69, 9.17) is 16.7 Å². The Labute approximate surface area is 158 Å². The van der Waals surface area contributed by atoms with Crippen molar-refractivity contribution in [2.24, 2.45) is 0 Å². The Morgan fingerprint density at radius 3 is 2.81 bits per heavy atom. The molecule has 3 aromatic rings. The fourth-order valence-electron chi connectivity index (χ4n) is 2.98. The molecular formula is C18H16ClN3O3S. The first-order valence-electron chi connectivity index (χ1n) is 8.22. The fraction of sp³-hybridized carbons (Fsp3) is 0.278. The van der Waals surface area contributed by atoms with Crippen LogP contribution in [-0.2, 0) is 4.79 Å². The molecule has 26 heavy (non-hydrogen) atoms. The number of hydrogen-bond acceptors (Lipinski definition) is 4. The third-order valence-electron chi connectivity index (χ3n) is 4.36. The lowest BCUT2D eigenvalue weighted by Crippen LogP contribution is -2.37. The highest BCUT2D eigenvalue weighted by Gasteiger charge is 2.35. The summed E-state index contributed by atoms with van der Waals surface area (Å²) < 4.78 is 1.77. The first kappa shape index (κ1) is 17.1. The van der Waals surface area contributed by atoms with Gasteiger partial charge in [0.1, 0.15) is 11.4 Å². The Hall–Kier alpha value is -2.38. The van der Waals surface area contributed by atoms with E-state index in [9.17, 15) is 9.59 Å². The molecule has 6 nitrogen and oxygen atoms in total. The van der Waals surface area contributed by atoms with E-state index in [1.165, 1.54) is 16.2 Å². The molecule has 4 rings (SSSR count). The van der Waals surface area contributed by atoms with Gasteiger partial charge in [-0.05, 0) is 44.0 Å². The van der Waals surface area contributed by atoms with E-state index in [0.717, 1.165) is 34.4 Å². The monoisotopic (exact) mass is 389 g/mol. The van der Waals surface area contributed by atoms with Crippen molar-refractivity contribution in [3.8, 4) is 5.69 Å². The molecule has 134 valence electrons. The molecule has 1 saturated carbocycles. The number of aromatic nitrogens is 2. The van der Waals surface area contributed by atoms with Gasteiger partial charge in [-0.3, -0.25) is 9.59 Å². The molecule has 0 unspecified atom stereocenters. The van der Waals surface area contributed by atoms with Crippen molar-refractivity contribution in [1.29, 1.82) is 0 Å². The second-order valence-corrected chi connectivity index (χ2v) is 7.83. The Morgan fingerprint density at radius 2 is 2.15 bits per heavy atom. The maximum Gasteiger partial charge on any atom is 0.323 e. The SMILES string of the molecule is Cc1nn(-c2cccc(Cl)c2)c2sc(C(=O)N(CC(=O)O)C3CC3)cc12. The van der Waals surface area contributed by atoms with E-state index < -0.39 is 5.97 Å². The molecule has 0 atom stereocenters. The van der Waals surface area contributed by atoms with Crippen LogP contribution in [0.15, 0.2) is 30.3 Å².